The van der Waals surface area contributed by atoms with Gasteiger partial charge in [0.2, 0.25) is 0 Å². The minimum atomic E-state index is -5.01. The summed E-state index contributed by atoms with van der Waals surface area (Å²) >= 11 is 0. The van der Waals surface area contributed by atoms with E-state index in [1.807, 2.05) is 5.32 Å². The number of nitrogens with zero attached hydrogens (tertiary/aromatic N) is 2. The van der Waals surface area contributed by atoms with Crippen molar-refractivity contribution in [3.8, 4) is 0 Å². The van der Waals surface area contributed by atoms with Crippen LogP contribution in [0.2, 0.25) is 0 Å². The minimum Gasteiger partial charge on any atom is -0.453 e. The number of carbonyl (C=O) groups excluding carboxylic acids is 1. The summed E-state index contributed by atoms with van der Waals surface area (Å²) < 4.78 is 116. The fraction of sp³-hybridized carbons (Fsp3) is 0.615. The van der Waals surface area contributed by atoms with E-state index in [0.717, 1.165) is 7.11 Å². The first kappa shape index (κ1) is 26.8. The van der Waals surface area contributed by atoms with Gasteiger partial charge in [0.25, 0.3) is 0 Å². The van der Waals surface area contributed by atoms with Crippen LogP contribution >= 0.6 is 7.60 Å². The molecule has 0 spiro atoms. The highest BCUT2D eigenvalue weighted by Crippen LogP contribution is 2.50. The molecule has 1 aromatic rings. The zero-order valence-corrected chi connectivity index (χ0v) is 16.4. The van der Waals surface area contributed by atoms with Crippen molar-refractivity contribution in [1.29, 1.82) is 0 Å². The summed E-state index contributed by atoms with van der Waals surface area (Å²) in [6.07, 6.45) is -11.8. The molecule has 0 fully saturated rings. The van der Waals surface area contributed by atoms with Crippen molar-refractivity contribution in [1.82, 2.24) is 9.55 Å². The van der Waals surface area contributed by atoms with Gasteiger partial charge in [-0.2, -0.15) is 31.3 Å². The fourth-order valence-electron chi connectivity index (χ4n) is 1.66. The Morgan fingerprint density at radius 2 is 1.71 bits per heavy atom. The molecule has 31 heavy (non-hydrogen) atoms. The first-order valence-electron chi connectivity index (χ1n) is 7.85. The van der Waals surface area contributed by atoms with E-state index in [2.05, 4.69) is 18.8 Å². The van der Waals surface area contributed by atoms with Crippen molar-refractivity contribution in [2.45, 2.75) is 18.9 Å². The lowest BCUT2D eigenvalue weighted by Gasteiger charge is -2.20. The third-order valence-electron chi connectivity index (χ3n) is 2.93. The zero-order valence-electron chi connectivity index (χ0n) is 15.5. The number of halogens is 7. The van der Waals surface area contributed by atoms with Crippen LogP contribution < -0.4 is 11.0 Å². The molecule has 1 rings (SSSR count). The van der Waals surface area contributed by atoms with Gasteiger partial charge >= 0.3 is 31.7 Å². The molecule has 0 aliphatic rings. The predicted octanol–water partition coefficient (Wildman–Crippen LogP) is 2.89. The first-order valence-corrected chi connectivity index (χ1v) is 9.58. The van der Waals surface area contributed by atoms with Gasteiger partial charge in [0.15, 0.2) is 24.8 Å². The smallest absolute Gasteiger partial charge is 0.412 e. The Balaban J connectivity index is 2.72. The zero-order chi connectivity index (χ0) is 23.9. The molecule has 0 saturated heterocycles. The summed E-state index contributed by atoms with van der Waals surface area (Å²) in [5, 5.41) is 1.82. The second-order valence-electron chi connectivity index (χ2n) is 5.46. The average Bonchev–Trinajstić information content (AvgIpc) is 2.64. The Labute approximate surface area is 168 Å². The number of nitrogens with one attached hydrogen (secondary N) is 1. The van der Waals surface area contributed by atoms with E-state index in [1.165, 1.54) is 0 Å². The standard InChI is InChI=1S/C13H15F7N3O7P/c1-27-11(25)22-9-8(14)4-23(10(24)21-9)2-3-28-7-31(26,29-5-12(15,16)17)30-6-13(18,19)20/h4H,2-3,5-7H2,1H3,(H,21,22,24,25). The number of hydrogen-bond acceptors (Lipinski definition) is 8. The normalized spacial score (nSPS) is 12.6. The van der Waals surface area contributed by atoms with Crippen molar-refractivity contribution >= 4 is 19.5 Å². The number of methoxy groups -OCH3 is 1. The van der Waals surface area contributed by atoms with Crippen molar-refractivity contribution in [3.05, 3.63) is 22.5 Å². The molecule has 1 heterocycles. The molecule has 0 aliphatic heterocycles. The summed E-state index contributed by atoms with van der Waals surface area (Å²) in [6, 6.07) is 0. The molecular formula is C13H15F7N3O7P. The van der Waals surface area contributed by atoms with Gasteiger partial charge in [-0.15, -0.1) is 0 Å². The Morgan fingerprint density at radius 1 is 1.16 bits per heavy atom. The summed E-state index contributed by atoms with van der Waals surface area (Å²) in [5.74, 6) is -1.92. The van der Waals surface area contributed by atoms with E-state index in [0.29, 0.717) is 10.8 Å². The van der Waals surface area contributed by atoms with Crippen LogP contribution in [-0.2, 0) is 29.6 Å². The largest absolute Gasteiger partial charge is 0.453 e. The highest BCUT2D eigenvalue weighted by molar-refractivity contribution is 7.53. The molecule has 1 amide bonds. The Bertz CT molecular complexity index is 837. The molecule has 1 N–H and O–H groups in total. The van der Waals surface area contributed by atoms with E-state index in [4.69, 9.17) is 4.74 Å². The summed E-state index contributed by atoms with van der Waals surface area (Å²) in [7, 11) is -4.01. The molecule has 0 saturated carbocycles. The summed E-state index contributed by atoms with van der Waals surface area (Å²) in [5.41, 5.74) is -1.10. The Kier molecular flexibility index (Phi) is 9.41. The SMILES string of the molecule is COC(=O)Nc1nc(=O)n(CCOCP(=O)(OCC(F)(F)F)OCC(F)(F)F)cc1F. The number of anilines is 1. The van der Waals surface area contributed by atoms with Crippen LogP contribution in [-0.4, -0.2) is 61.3 Å². The van der Waals surface area contributed by atoms with E-state index in [-0.39, 0.29) is 0 Å². The van der Waals surface area contributed by atoms with Gasteiger partial charge in [-0.1, -0.05) is 0 Å². The van der Waals surface area contributed by atoms with E-state index in [9.17, 15) is 44.9 Å². The lowest BCUT2D eigenvalue weighted by molar-refractivity contribution is -0.166. The maximum atomic E-state index is 13.8. The minimum absolute atomic E-state index is 0.500. The number of hydrogen-bond donors (Lipinski definition) is 1. The maximum Gasteiger partial charge on any atom is 0.412 e. The van der Waals surface area contributed by atoms with Gasteiger partial charge in [-0.3, -0.25) is 23.5 Å². The van der Waals surface area contributed by atoms with Gasteiger partial charge in [0.1, 0.15) is 6.35 Å². The molecular weight excluding hydrogens is 474 g/mol. The third-order valence-corrected chi connectivity index (χ3v) is 4.47. The first-order chi connectivity index (χ1) is 14.1. The van der Waals surface area contributed by atoms with Crippen molar-refractivity contribution in [2.75, 3.05) is 38.6 Å². The summed E-state index contributed by atoms with van der Waals surface area (Å²) in [6.45, 7) is -5.44. The van der Waals surface area contributed by atoms with Crippen LogP contribution in [0, 0.1) is 5.82 Å². The Hall–Kier alpha value is -2.23. The van der Waals surface area contributed by atoms with Crippen molar-refractivity contribution in [3.63, 3.8) is 0 Å². The lowest BCUT2D eigenvalue weighted by Crippen LogP contribution is -2.28. The number of amides is 1. The van der Waals surface area contributed by atoms with Crippen LogP contribution in [0.4, 0.5) is 41.3 Å². The topological polar surface area (TPSA) is 118 Å². The molecule has 18 heteroatoms. The molecule has 0 radical (unpaired) electrons. The van der Waals surface area contributed by atoms with E-state index >= 15 is 0 Å². The number of carbonyl (C=O) groups is 1. The van der Waals surface area contributed by atoms with Crippen molar-refractivity contribution in [2.24, 2.45) is 0 Å². The number of ether oxygens (including phenoxy) is 2. The third kappa shape index (κ3) is 10.6. The van der Waals surface area contributed by atoms with Crippen LogP contribution in [0.15, 0.2) is 11.0 Å². The fourth-order valence-corrected chi connectivity index (χ4v) is 2.92. The van der Waals surface area contributed by atoms with E-state index < -0.39 is 76.1 Å². The van der Waals surface area contributed by atoms with Gasteiger partial charge in [0, 0.05) is 6.20 Å². The number of rotatable bonds is 10. The van der Waals surface area contributed by atoms with Crippen LogP contribution in [0.3, 0.4) is 0 Å². The lowest BCUT2D eigenvalue weighted by atomic mass is 10.5. The van der Waals surface area contributed by atoms with Crippen LogP contribution in [0.1, 0.15) is 0 Å². The molecule has 0 atom stereocenters. The second-order valence-corrected chi connectivity index (χ2v) is 7.45. The molecule has 1 aromatic heterocycles. The van der Waals surface area contributed by atoms with Crippen LogP contribution in [0.5, 0.6) is 0 Å². The average molecular weight is 489 g/mol. The van der Waals surface area contributed by atoms with Gasteiger partial charge in [0.05, 0.1) is 20.3 Å². The maximum absolute atomic E-state index is 13.8. The number of alkyl halides is 6. The van der Waals surface area contributed by atoms with E-state index in [1.54, 1.807) is 0 Å². The quantitative estimate of drug-likeness (QED) is 0.303. The van der Waals surface area contributed by atoms with Gasteiger partial charge < -0.3 is 9.47 Å². The van der Waals surface area contributed by atoms with Crippen molar-refractivity contribution < 1.29 is 58.6 Å². The summed E-state index contributed by atoms with van der Waals surface area (Å²) in [4.78, 5) is 26.0. The highest BCUT2D eigenvalue weighted by atomic mass is 31.2. The molecule has 0 bridgehead atoms. The highest BCUT2D eigenvalue weighted by Gasteiger charge is 2.38. The molecule has 0 aromatic carbocycles. The number of aromatic nitrogens is 2. The Morgan fingerprint density at radius 3 is 2.19 bits per heavy atom. The molecule has 10 nitrogen and oxygen atoms in total. The molecule has 0 unspecified atom stereocenters. The second kappa shape index (κ2) is 10.9. The van der Waals surface area contributed by atoms with Crippen LogP contribution in [0.25, 0.3) is 0 Å². The molecule has 178 valence electrons. The predicted molar refractivity (Wildman–Crippen MR) is 86.9 cm³/mol. The van der Waals surface area contributed by atoms with Gasteiger partial charge in [-0.05, 0) is 0 Å². The monoisotopic (exact) mass is 489 g/mol. The van der Waals surface area contributed by atoms with Gasteiger partial charge in [-0.25, -0.2) is 14.0 Å². The molecule has 0 aliphatic carbocycles.